The number of carbonyl (C=O) groups excluding carboxylic acids is 2. The minimum absolute atomic E-state index is 0.247. The normalized spacial score (nSPS) is 10.7. The second kappa shape index (κ2) is 9.34. The molecule has 0 fully saturated rings. The second-order valence-corrected chi connectivity index (χ2v) is 6.89. The Labute approximate surface area is 185 Å². The highest BCUT2D eigenvalue weighted by Gasteiger charge is 2.16. The Morgan fingerprint density at radius 2 is 1.38 bits per heavy atom. The van der Waals surface area contributed by atoms with Crippen LogP contribution >= 0.6 is 0 Å². The number of ether oxygens (including phenoxy) is 2. The predicted molar refractivity (Wildman–Crippen MR) is 120 cm³/mol. The summed E-state index contributed by atoms with van der Waals surface area (Å²) >= 11 is 0. The lowest BCUT2D eigenvalue weighted by atomic mass is 10.1. The smallest absolute Gasteiger partial charge is 0.338 e. The van der Waals surface area contributed by atoms with Crippen molar-refractivity contribution in [3.8, 4) is 22.8 Å². The number of aromatic nitrogens is 3. The Bertz CT molecular complexity index is 1300. The summed E-state index contributed by atoms with van der Waals surface area (Å²) in [5.41, 5.74) is 3.46. The van der Waals surface area contributed by atoms with Gasteiger partial charge in [-0.3, -0.25) is 4.98 Å². The van der Waals surface area contributed by atoms with Crippen LogP contribution in [0.15, 0.2) is 66.9 Å². The summed E-state index contributed by atoms with van der Waals surface area (Å²) < 4.78 is 10.3. The first-order valence-corrected chi connectivity index (χ1v) is 10.3. The molecule has 0 radical (unpaired) electrons. The molecule has 0 aliphatic carbocycles. The zero-order valence-corrected chi connectivity index (χ0v) is 17.7. The molecule has 7 heteroatoms. The Hall–Kier alpha value is -4.13. The lowest BCUT2D eigenvalue weighted by Crippen LogP contribution is -2.07. The highest BCUT2D eigenvalue weighted by molar-refractivity contribution is 5.93. The van der Waals surface area contributed by atoms with Gasteiger partial charge in [-0.2, -0.15) is 0 Å². The molecule has 0 atom stereocenters. The van der Waals surface area contributed by atoms with Crippen LogP contribution in [0.4, 0.5) is 0 Å². The molecule has 0 bridgehead atoms. The standard InChI is InChI=1S/C25H21N3O4/c1-3-31-24(29)17-11-12-26-21(13-17)23-15-18(25(30)32-4-2)14-22(28-23)20-10-9-16-7-5-6-8-19(16)27-20/h5-15H,3-4H2,1-2H3. The van der Waals surface area contributed by atoms with Crippen molar-refractivity contribution in [1.29, 1.82) is 0 Å². The molecule has 0 amide bonds. The van der Waals surface area contributed by atoms with Gasteiger partial charge in [0.2, 0.25) is 0 Å². The van der Waals surface area contributed by atoms with E-state index >= 15 is 0 Å². The van der Waals surface area contributed by atoms with E-state index in [-0.39, 0.29) is 13.2 Å². The molecule has 3 heterocycles. The van der Waals surface area contributed by atoms with E-state index in [0.29, 0.717) is 33.9 Å². The molecule has 0 unspecified atom stereocenters. The molecule has 32 heavy (non-hydrogen) atoms. The fourth-order valence-corrected chi connectivity index (χ4v) is 3.25. The number of hydrogen-bond donors (Lipinski definition) is 0. The van der Waals surface area contributed by atoms with E-state index in [4.69, 9.17) is 9.47 Å². The largest absolute Gasteiger partial charge is 0.462 e. The molecule has 3 aromatic heterocycles. The topological polar surface area (TPSA) is 91.3 Å². The van der Waals surface area contributed by atoms with Gasteiger partial charge in [0.15, 0.2) is 0 Å². The SMILES string of the molecule is CCOC(=O)c1ccnc(-c2cc(C(=O)OCC)cc(-c3ccc4ccccc4n3)n2)c1. The first kappa shape index (κ1) is 21.1. The lowest BCUT2D eigenvalue weighted by molar-refractivity contribution is 0.0516. The molecule has 0 aliphatic heterocycles. The summed E-state index contributed by atoms with van der Waals surface area (Å²) in [6.07, 6.45) is 1.51. The van der Waals surface area contributed by atoms with Crippen LogP contribution in [0.3, 0.4) is 0 Å². The molecule has 0 spiro atoms. The number of fused-ring (bicyclic) bond motifs is 1. The van der Waals surface area contributed by atoms with Crippen molar-refractivity contribution < 1.29 is 19.1 Å². The maximum Gasteiger partial charge on any atom is 0.338 e. The Balaban J connectivity index is 1.84. The van der Waals surface area contributed by atoms with Crippen LogP contribution < -0.4 is 0 Å². The first-order valence-electron chi connectivity index (χ1n) is 10.3. The third-order valence-electron chi connectivity index (χ3n) is 4.73. The van der Waals surface area contributed by atoms with Crippen LogP contribution in [0.2, 0.25) is 0 Å². The number of hydrogen-bond acceptors (Lipinski definition) is 7. The van der Waals surface area contributed by atoms with Gasteiger partial charge in [-0.25, -0.2) is 19.6 Å². The monoisotopic (exact) mass is 427 g/mol. The van der Waals surface area contributed by atoms with Gasteiger partial charge in [0.05, 0.1) is 52.6 Å². The van der Waals surface area contributed by atoms with Crippen molar-refractivity contribution in [2.45, 2.75) is 13.8 Å². The van der Waals surface area contributed by atoms with E-state index in [9.17, 15) is 9.59 Å². The number of rotatable bonds is 6. The minimum Gasteiger partial charge on any atom is -0.462 e. The highest BCUT2D eigenvalue weighted by atomic mass is 16.5. The Morgan fingerprint density at radius 1 is 0.719 bits per heavy atom. The van der Waals surface area contributed by atoms with Gasteiger partial charge >= 0.3 is 11.9 Å². The van der Waals surface area contributed by atoms with E-state index in [1.54, 1.807) is 38.1 Å². The van der Waals surface area contributed by atoms with Crippen molar-refractivity contribution in [1.82, 2.24) is 15.0 Å². The summed E-state index contributed by atoms with van der Waals surface area (Å²) in [6, 6.07) is 18.0. The van der Waals surface area contributed by atoms with Crippen molar-refractivity contribution in [3.05, 3.63) is 78.0 Å². The van der Waals surface area contributed by atoms with Gasteiger partial charge in [-0.15, -0.1) is 0 Å². The molecule has 4 rings (SSSR count). The lowest BCUT2D eigenvalue weighted by Gasteiger charge is -2.10. The van der Waals surface area contributed by atoms with E-state index < -0.39 is 11.9 Å². The summed E-state index contributed by atoms with van der Waals surface area (Å²) in [7, 11) is 0. The molecular weight excluding hydrogens is 406 g/mol. The molecule has 160 valence electrons. The first-order chi connectivity index (χ1) is 15.6. The van der Waals surface area contributed by atoms with Gasteiger partial charge in [0.25, 0.3) is 0 Å². The van der Waals surface area contributed by atoms with E-state index in [1.807, 2.05) is 36.4 Å². The van der Waals surface area contributed by atoms with Gasteiger partial charge < -0.3 is 9.47 Å². The molecule has 0 saturated heterocycles. The van der Waals surface area contributed by atoms with E-state index in [2.05, 4.69) is 15.0 Å². The molecular formula is C25H21N3O4. The zero-order chi connectivity index (χ0) is 22.5. The van der Waals surface area contributed by atoms with Crippen molar-refractivity contribution in [3.63, 3.8) is 0 Å². The average molecular weight is 427 g/mol. The maximum atomic E-state index is 12.5. The number of carbonyl (C=O) groups is 2. The van der Waals surface area contributed by atoms with Gasteiger partial charge in [-0.1, -0.05) is 24.3 Å². The Kier molecular flexibility index (Phi) is 6.17. The molecule has 4 aromatic rings. The third-order valence-corrected chi connectivity index (χ3v) is 4.73. The molecule has 0 N–H and O–H groups in total. The summed E-state index contributed by atoms with van der Waals surface area (Å²) in [5, 5.41) is 1.00. The van der Waals surface area contributed by atoms with Gasteiger partial charge in [0.1, 0.15) is 0 Å². The quantitative estimate of drug-likeness (QED) is 0.412. The van der Waals surface area contributed by atoms with Crippen LogP contribution in [0.25, 0.3) is 33.7 Å². The number of esters is 2. The number of para-hydroxylation sites is 1. The van der Waals surface area contributed by atoms with Gasteiger partial charge in [0, 0.05) is 11.6 Å². The molecule has 0 aliphatic rings. The van der Waals surface area contributed by atoms with Gasteiger partial charge in [-0.05, 0) is 50.2 Å². The molecule has 1 aromatic carbocycles. The van der Waals surface area contributed by atoms with Crippen molar-refractivity contribution >= 4 is 22.8 Å². The van der Waals surface area contributed by atoms with Crippen LogP contribution in [-0.4, -0.2) is 40.1 Å². The number of pyridine rings is 3. The molecule has 7 nitrogen and oxygen atoms in total. The van der Waals surface area contributed by atoms with Crippen LogP contribution in [-0.2, 0) is 9.47 Å². The number of nitrogens with zero attached hydrogens (tertiary/aromatic N) is 3. The fraction of sp³-hybridized carbons (Fsp3) is 0.160. The summed E-state index contributed by atoms with van der Waals surface area (Å²) in [6.45, 7) is 4.00. The fourth-order valence-electron chi connectivity index (χ4n) is 3.25. The Morgan fingerprint density at radius 3 is 2.12 bits per heavy atom. The molecule has 0 saturated carbocycles. The average Bonchev–Trinajstić information content (AvgIpc) is 2.84. The van der Waals surface area contributed by atoms with Crippen molar-refractivity contribution in [2.75, 3.05) is 13.2 Å². The van der Waals surface area contributed by atoms with Crippen molar-refractivity contribution in [2.24, 2.45) is 0 Å². The summed E-state index contributed by atoms with van der Waals surface area (Å²) in [5.74, 6) is -0.922. The minimum atomic E-state index is -0.472. The van der Waals surface area contributed by atoms with E-state index in [1.165, 1.54) is 6.20 Å². The number of benzene rings is 1. The summed E-state index contributed by atoms with van der Waals surface area (Å²) in [4.78, 5) is 38.4. The van der Waals surface area contributed by atoms with Crippen LogP contribution in [0.1, 0.15) is 34.6 Å². The van der Waals surface area contributed by atoms with Crippen LogP contribution in [0, 0.1) is 0 Å². The maximum absolute atomic E-state index is 12.5. The predicted octanol–water partition coefficient (Wildman–Crippen LogP) is 4.71. The third kappa shape index (κ3) is 4.46. The highest BCUT2D eigenvalue weighted by Crippen LogP contribution is 2.25. The zero-order valence-electron chi connectivity index (χ0n) is 17.7. The van der Waals surface area contributed by atoms with E-state index in [0.717, 1.165) is 10.9 Å². The second-order valence-electron chi connectivity index (χ2n) is 6.89. The van der Waals surface area contributed by atoms with Crippen LogP contribution in [0.5, 0.6) is 0 Å².